The molecule has 1 aliphatic rings. The predicted octanol–water partition coefficient (Wildman–Crippen LogP) is 4.60. The third kappa shape index (κ3) is 5.67. The number of para-hydroxylation sites is 2. The molecule has 2 aromatic rings. The molecule has 5 nitrogen and oxygen atoms in total. The van der Waals surface area contributed by atoms with Gasteiger partial charge in [-0.1, -0.05) is 12.1 Å². The Balaban J connectivity index is 0.00000261. The second kappa shape index (κ2) is 10.6. The van der Waals surface area contributed by atoms with Gasteiger partial charge in [0.1, 0.15) is 12.7 Å². The number of halogens is 2. The summed E-state index contributed by atoms with van der Waals surface area (Å²) in [7, 11) is 0. The third-order valence-corrected chi connectivity index (χ3v) is 4.52. The predicted molar refractivity (Wildman–Crippen MR) is 112 cm³/mol. The Labute approximate surface area is 174 Å². The van der Waals surface area contributed by atoms with E-state index in [0.29, 0.717) is 32.9 Å². The average molecular weight is 459 g/mol. The number of hydrogen-bond donors (Lipinski definition) is 1. The molecule has 148 valence electrons. The van der Waals surface area contributed by atoms with E-state index in [1.54, 1.807) is 0 Å². The average Bonchev–Trinajstić information content (AvgIpc) is 2.65. The summed E-state index contributed by atoms with van der Waals surface area (Å²) in [5.41, 5.74) is 1.11. The Morgan fingerprint density at radius 2 is 1.85 bits per heavy atom. The minimum atomic E-state index is -0.0117. The van der Waals surface area contributed by atoms with Gasteiger partial charge in [0.15, 0.2) is 23.0 Å². The van der Waals surface area contributed by atoms with Gasteiger partial charge in [0.05, 0.1) is 17.7 Å². The molecule has 0 spiro atoms. The Morgan fingerprint density at radius 1 is 1.11 bits per heavy atom. The van der Waals surface area contributed by atoms with Crippen molar-refractivity contribution in [2.75, 3.05) is 26.4 Å². The Kier molecular flexibility index (Phi) is 8.54. The molecule has 0 saturated heterocycles. The number of hydrogen-bond acceptors (Lipinski definition) is 5. The van der Waals surface area contributed by atoms with E-state index in [0.717, 1.165) is 33.0 Å². The Morgan fingerprint density at radius 3 is 2.59 bits per heavy atom. The van der Waals surface area contributed by atoms with Gasteiger partial charge >= 0.3 is 0 Å². The molecule has 0 aromatic heterocycles. The molecule has 1 unspecified atom stereocenters. The van der Waals surface area contributed by atoms with Crippen LogP contribution in [0.3, 0.4) is 0 Å². The lowest BCUT2D eigenvalue weighted by molar-refractivity contribution is 0.0902. The molecule has 1 heterocycles. The van der Waals surface area contributed by atoms with Gasteiger partial charge < -0.3 is 24.3 Å². The molecule has 0 saturated carbocycles. The van der Waals surface area contributed by atoms with Crippen molar-refractivity contribution in [1.29, 1.82) is 0 Å². The fraction of sp³-hybridized carbons (Fsp3) is 0.400. The number of fused-ring (bicyclic) bond motifs is 1. The molecule has 27 heavy (non-hydrogen) atoms. The van der Waals surface area contributed by atoms with Crippen molar-refractivity contribution in [2.45, 2.75) is 26.5 Å². The fourth-order valence-electron chi connectivity index (χ4n) is 2.81. The molecule has 0 aliphatic carbocycles. The smallest absolute Gasteiger partial charge is 0.175 e. The molecular formula is C20H25BrClNO4. The van der Waals surface area contributed by atoms with Crippen LogP contribution in [-0.2, 0) is 6.54 Å². The lowest BCUT2D eigenvalue weighted by Gasteiger charge is -2.26. The van der Waals surface area contributed by atoms with Gasteiger partial charge in [-0.15, -0.1) is 12.4 Å². The summed E-state index contributed by atoms with van der Waals surface area (Å²) >= 11 is 3.58. The number of nitrogens with one attached hydrogen (secondary N) is 1. The minimum Gasteiger partial charge on any atom is -0.490 e. The lowest BCUT2D eigenvalue weighted by atomic mass is 10.2. The monoisotopic (exact) mass is 457 g/mol. The van der Waals surface area contributed by atoms with Crippen molar-refractivity contribution in [3.8, 4) is 23.0 Å². The van der Waals surface area contributed by atoms with Crippen molar-refractivity contribution in [3.63, 3.8) is 0 Å². The van der Waals surface area contributed by atoms with Crippen molar-refractivity contribution in [1.82, 2.24) is 5.32 Å². The quantitative estimate of drug-likeness (QED) is 0.626. The molecule has 2 aromatic carbocycles. The van der Waals surface area contributed by atoms with Crippen molar-refractivity contribution in [3.05, 3.63) is 46.4 Å². The molecule has 0 bridgehead atoms. The molecule has 3 rings (SSSR count). The van der Waals surface area contributed by atoms with Crippen LogP contribution in [0.2, 0.25) is 0 Å². The first kappa shape index (κ1) is 21.7. The normalized spacial score (nSPS) is 15.0. The Bertz CT molecular complexity index is 744. The maximum Gasteiger partial charge on any atom is 0.175 e. The number of ether oxygens (including phenoxy) is 4. The summed E-state index contributed by atoms with van der Waals surface area (Å²) in [6.45, 7) is 7.05. The summed E-state index contributed by atoms with van der Waals surface area (Å²) in [4.78, 5) is 0. The van der Waals surface area contributed by atoms with Crippen LogP contribution in [0.25, 0.3) is 0 Å². The molecular weight excluding hydrogens is 434 g/mol. The third-order valence-electron chi connectivity index (χ3n) is 3.93. The van der Waals surface area contributed by atoms with Crippen LogP contribution in [0, 0.1) is 0 Å². The van der Waals surface area contributed by atoms with Crippen LogP contribution >= 0.6 is 28.3 Å². The van der Waals surface area contributed by atoms with Gasteiger partial charge in [0.2, 0.25) is 0 Å². The summed E-state index contributed by atoms with van der Waals surface area (Å²) in [6.07, 6.45) is -0.0117. The van der Waals surface area contributed by atoms with Gasteiger partial charge in [-0.05, 0) is 59.6 Å². The highest BCUT2D eigenvalue weighted by molar-refractivity contribution is 9.10. The van der Waals surface area contributed by atoms with E-state index in [2.05, 4.69) is 21.2 Å². The highest BCUT2D eigenvalue weighted by atomic mass is 79.9. The molecule has 7 heteroatoms. The standard InChI is InChI=1S/C20H24BrNO4.ClH/c1-3-23-19-10-14(9-16(21)20(19)24-4-2)11-22-12-15-13-25-17-7-5-6-8-18(17)26-15;/h5-10,15,22H,3-4,11-13H2,1-2H3;1H. The second-order valence-corrected chi connectivity index (χ2v) is 6.75. The maximum atomic E-state index is 5.97. The molecule has 0 radical (unpaired) electrons. The van der Waals surface area contributed by atoms with Gasteiger partial charge in [0, 0.05) is 13.1 Å². The van der Waals surface area contributed by atoms with Crippen LogP contribution in [-0.4, -0.2) is 32.5 Å². The zero-order valence-electron chi connectivity index (χ0n) is 15.5. The van der Waals surface area contributed by atoms with Crippen molar-refractivity contribution in [2.24, 2.45) is 0 Å². The molecule has 0 amide bonds. The van der Waals surface area contributed by atoms with E-state index in [-0.39, 0.29) is 18.5 Å². The largest absolute Gasteiger partial charge is 0.490 e. The first-order valence-electron chi connectivity index (χ1n) is 8.88. The zero-order valence-corrected chi connectivity index (χ0v) is 17.9. The van der Waals surface area contributed by atoms with E-state index in [4.69, 9.17) is 18.9 Å². The van der Waals surface area contributed by atoms with Gasteiger partial charge in [-0.2, -0.15) is 0 Å². The maximum absolute atomic E-state index is 5.97. The summed E-state index contributed by atoms with van der Waals surface area (Å²) in [5.74, 6) is 3.11. The van der Waals surface area contributed by atoms with E-state index in [9.17, 15) is 0 Å². The van der Waals surface area contributed by atoms with E-state index >= 15 is 0 Å². The lowest BCUT2D eigenvalue weighted by Crippen LogP contribution is -2.38. The first-order valence-corrected chi connectivity index (χ1v) is 9.67. The van der Waals surface area contributed by atoms with E-state index in [1.807, 2.05) is 50.2 Å². The van der Waals surface area contributed by atoms with Crippen molar-refractivity contribution < 1.29 is 18.9 Å². The minimum absolute atomic E-state index is 0. The van der Waals surface area contributed by atoms with Crippen LogP contribution in [0.15, 0.2) is 40.9 Å². The highest BCUT2D eigenvalue weighted by Gasteiger charge is 2.20. The SMILES string of the molecule is CCOc1cc(CNCC2COc3ccccc3O2)cc(Br)c1OCC.Cl. The summed E-state index contributed by atoms with van der Waals surface area (Å²) in [6, 6.07) is 11.8. The van der Waals surface area contributed by atoms with Crippen molar-refractivity contribution >= 4 is 28.3 Å². The van der Waals surface area contributed by atoms with Gasteiger partial charge in [-0.3, -0.25) is 0 Å². The number of rotatable bonds is 8. The topological polar surface area (TPSA) is 49.0 Å². The second-order valence-electron chi connectivity index (χ2n) is 5.90. The Hall–Kier alpha value is -1.63. The van der Waals surface area contributed by atoms with E-state index in [1.165, 1.54) is 0 Å². The number of benzene rings is 2. The summed E-state index contributed by atoms with van der Waals surface area (Å²) in [5, 5.41) is 3.43. The van der Waals surface area contributed by atoms with Crippen LogP contribution in [0.4, 0.5) is 0 Å². The molecule has 1 N–H and O–H groups in total. The van der Waals surface area contributed by atoms with E-state index < -0.39 is 0 Å². The van der Waals surface area contributed by atoms with Gasteiger partial charge in [-0.25, -0.2) is 0 Å². The summed E-state index contributed by atoms with van der Waals surface area (Å²) < 4.78 is 24.0. The molecule has 1 aliphatic heterocycles. The van der Waals surface area contributed by atoms with Crippen LogP contribution in [0.5, 0.6) is 23.0 Å². The highest BCUT2D eigenvalue weighted by Crippen LogP contribution is 2.37. The first-order chi connectivity index (χ1) is 12.7. The zero-order chi connectivity index (χ0) is 18.4. The molecule has 1 atom stereocenters. The molecule has 0 fully saturated rings. The van der Waals surface area contributed by atoms with Crippen LogP contribution in [0.1, 0.15) is 19.4 Å². The van der Waals surface area contributed by atoms with Crippen LogP contribution < -0.4 is 24.3 Å². The van der Waals surface area contributed by atoms with Gasteiger partial charge in [0.25, 0.3) is 0 Å². The fourth-order valence-corrected chi connectivity index (χ4v) is 3.42.